The lowest BCUT2D eigenvalue weighted by Crippen LogP contribution is -2.02. The zero-order valence-corrected chi connectivity index (χ0v) is 13.8. The maximum Gasteiger partial charge on any atom is 0.119 e. The Morgan fingerprint density at radius 1 is 1.05 bits per heavy atom. The molecule has 0 fully saturated rings. The van der Waals surface area contributed by atoms with Crippen molar-refractivity contribution in [2.45, 2.75) is 13.0 Å². The highest BCUT2D eigenvalue weighted by atomic mass is 79.9. The third-order valence-corrected chi connectivity index (χ3v) is 4.91. The summed E-state index contributed by atoms with van der Waals surface area (Å²) < 4.78 is 7.07. The number of benzene rings is 2. The van der Waals surface area contributed by atoms with E-state index in [0.717, 1.165) is 31.4 Å². The van der Waals surface area contributed by atoms with E-state index in [1.165, 1.54) is 0 Å². The third-order valence-electron chi connectivity index (χ3n) is 3.03. The molecule has 2 rings (SSSR count). The molecule has 100 valence electrons. The first-order chi connectivity index (χ1) is 9.02. The lowest BCUT2D eigenvalue weighted by Gasteiger charge is -2.15. The van der Waals surface area contributed by atoms with Crippen LogP contribution < -0.4 is 4.74 Å². The van der Waals surface area contributed by atoms with Gasteiger partial charge in [-0.15, -0.1) is 0 Å². The van der Waals surface area contributed by atoms with Gasteiger partial charge in [0.1, 0.15) is 11.9 Å². The Balaban J connectivity index is 2.38. The molecule has 0 aliphatic carbocycles. The van der Waals surface area contributed by atoms with Crippen molar-refractivity contribution in [3.8, 4) is 5.75 Å². The zero-order chi connectivity index (χ0) is 14.0. The van der Waals surface area contributed by atoms with Crippen molar-refractivity contribution in [3.05, 3.63) is 62.0 Å². The van der Waals surface area contributed by atoms with Gasteiger partial charge < -0.3 is 9.84 Å². The van der Waals surface area contributed by atoms with E-state index in [1.807, 2.05) is 43.3 Å². The lowest BCUT2D eigenvalue weighted by atomic mass is 9.97. The van der Waals surface area contributed by atoms with Crippen molar-refractivity contribution in [2.75, 3.05) is 7.11 Å². The maximum atomic E-state index is 10.5. The Kier molecular flexibility index (Phi) is 4.66. The zero-order valence-electron chi connectivity index (χ0n) is 10.7. The third kappa shape index (κ3) is 3.19. The number of hydrogen-bond acceptors (Lipinski definition) is 2. The van der Waals surface area contributed by atoms with Crippen molar-refractivity contribution in [1.29, 1.82) is 0 Å². The summed E-state index contributed by atoms with van der Waals surface area (Å²) in [6.07, 6.45) is -0.643. The molecule has 0 radical (unpaired) electrons. The molecule has 0 saturated carbocycles. The first kappa shape index (κ1) is 14.6. The van der Waals surface area contributed by atoms with Gasteiger partial charge in [-0.05, 0) is 79.7 Å². The Labute approximate surface area is 129 Å². The molecule has 19 heavy (non-hydrogen) atoms. The number of rotatable bonds is 3. The summed E-state index contributed by atoms with van der Waals surface area (Å²) in [6, 6.07) is 11.4. The number of aliphatic hydroxyl groups excluding tert-OH is 1. The number of methoxy groups -OCH3 is 1. The predicted octanol–water partition coefficient (Wildman–Crippen LogP) is 4.61. The summed E-state index contributed by atoms with van der Waals surface area (Å²) in [5, 5.41) is 10.5. The van der Waals surface area contributed by atoms with Crippen molar-refractivity contribution >= 4 is 31.9 Å². The summed E-state index contributed by atoms with van der Waals surface area (Å²) in [6.45, 7) is 1.97. The maximum absolute atomic E-state index is 10.5. The quantitative estimate of drug-likeness (QED) is 0.835. The Bertz CT molecular complexity index is 597. The minimum absolute atomic E-state index is 0.643. The van der Waals surface area contributed by atoms with Gasteiger partial charge >= 0.3 is 0 Å². The molecule has 2 nitrogen and oxygen atoms in total. The van der Waals surface area contributed by atoms with Gasteiger partial charge in [-0.1, -0.05) is 12.1 Å². The Morgan fingerprint density at radius 2 is 1.79 bits per heavy atom. The average Bonchev–Trinajstić information content (AvgIpc) is 2.41. The molecule has 0 amide bonds. The largest absolute Gasteiger partial charge is 0.497 e. The highest BCUT2D eigenvalue weighted by Crippen LogP contribution is 2.31. The number of hydrogen-bond donors (Lipinski definition) is 1. The first-order valence-corrected chi connectivity index (χ1v) is 7.39. The molecular formula is C15H14Br2O2. The number of ether oxygens (including phenoxy) is 1. The summed E-state index contributed by atoms with van der Waals surface area (Å²) in [4.78, 5) is 0. The van der Waals surface area contributed by atoms with Crippen LogP contribution in [0.2, 0.25) is 0 Å². The van der Waals surface area contributed by atoms with E-state index in [2.05, 4.69) is 31.9 Å². The van der Waals surface area contributed by atoms with Crippen LogP contribution in [0.3, 0.4) is 0 Å². The highest BCUT2D eigenvalue weighted by Gasteiger charge is 2.14. The molecule has 1 atom stereocenters. The molecule has 1 unspecified atom stereocenters. The van der Waals surface area contributed by atoms with E-state index in [1.54, 1.807) is 7.11 Å². The van der Waals surface area contributed by atoms with Crippen molar-refractivity contribution in [1.82, 2.24) is 0 Å². The standard InChI is InChI=1S/C15H14Br2O2/c1-9-7-11(19-2)4-5-12(9)15(18)10-3-6-13(16)14(17)8-10/h3-8,15,18H,1-2H3. The van der Waals surface area contributed by atoms with E-state index in [4.69, 9.17) is 4.74 Å². The number of aryl methyl sites for hydroxylation is 1. The monoisotopic (exact) mass is 384 g/mol. The molecule has 0 heterocycles. The molecule has 2 aromatic rings. The van der Waals surface area contributed by atoms with Gasteiger partial charge in [0.2, 0.25) is 0 Å². The average molecular weight is 386 g/mol. The predicted molar refractivity (Wildman–Crippen MR) is 83.6 cm³/mol. The van der Waals surface area contributed by atoms with Crippen LogP contribution in [0.15, 0.2) is 45.3 Å². The minimum Gasteiger partial charge on any atom is -0.497 e. The topological polar surface area (TPSA) is 29.5 Å². The molecule has 0 bridgehead atoms. The summed E-state index contributed by atoms with van der Waals surface area (Å²) in [5.74, 6) is 0.797. The van der Waals surface area contributed by atoms with Crippen LogP contribution in [0.4, 0.5) is 0 Å². The van der Waals surface area contributed by atoms with E-state index in [9.17, 15) is 5.11 Å². The second-order valence-corrected chi connectivity index (χ2v) is 6.01. The van der Waals surface area contributed by atoms with Crippen LogP contribution in [0.1, 0.15) is 22.8 Å². The Morgan fingerprint density at radius 3 is 2.37 bits per heavy atom. The second-order valence-electron chi connectivity index (χ2n) is 4.30. The van der Waals surface area contributed by atoms with Crippen LogP contribution in [0, 0.1) is 6.92 Å². The molecule has 0 spiro atoms. The van der Waals surface area contributed by atoms with Crippen LogP contribution in [0.25, 0.3) is 0 Å². The molecule has 0 aliphatic heterocycles. The van der Waals surface area contributed by atoms with Gasteiger partial charge in [-0.25, -0.2) is 0 Å². The van der Waals surface area contributed by atoms with E-state index < -0.39 is 6.10 Å². The number of halogens is 2. The van der Waals surface area contributed by atoms with Crippen LogP contribution in [0.5, 0.6) is 5.75 Å². The highest BCUT2D eigenvalue weighted by molar-refractivity contribution is 9.13. The molecular weight excluding hydrogens is 372 g/mol. The summed E-state index contributed by atoms with van der Waals surface area (Å²) >= 11 is 6.87. The van der Waals surface area contributed by atoms with Gasteiger partial charge in [0.25, 0.3) is 0 Å². The SMILES string of the molecule is COc1ccc(C(O)c2ccc(Br)c(Br)c2)c(C)c1. The fourth-order valence-electron chi connectivity index (χ4n) is 1.94. The Hall–Kier alpha value is -0.840. The van der Waals surface area contributed by atoms with Gasteiger partial charge in [0.15, 0.2) is 0 Å². The smallest absolute Gasteiger partial charge is 0.119 e. The fraction of sp³-hybridized carbons (Fsp3) is 0.200. The van der Waals surface area contributed by atoms with E-state index in [-0.39, 0.29) is 0 Å². The van der Waals surface area contributed by atoms with E-state index in [0.29, 0.717) is 0 Å². The van der Waals surface area contributed by atoms with Crippen molar-refractivity contribution in [3.63, 3.8) is 0 Å². The molecule has 2 aromatic carbocycles. The van der Waals surface area contributed by atoms with Gasteiger partial charge in [0.05, 0.1) is 7.11 Å². The minimum atomic E-state index is -0.643. The normalized spacial score (nSPS) is 12.3. The van der Waals surface area contributed by atoms with E-state index >= 15 is 0 Å². The first-order valence-electron chi connectivity index (χ1n) is 5.80. The molecule has 4 heteroatoms. The van der Waals surface area contributed by atoms with Crippen molar-refractivity contribution < 1.29 is 9.84 Å². The number of aliphatic hydroxyl groups is 1. The molecule has 0 aromatic heterocycles. The fourth-order valence-corrected chi connectivity index (χ4v) is 2.59. The van der Waals surface area contributed by atoms with Crippen LogP contribution >= 0.6 is 31.9 Å². The van der Waals surface area contributed by atoms with Gasteiger partial charge in [-0.3, -0.25) is 0 Å². The van der Waals surface area contributed by atoms with Crippen LogP contribution in [-0.4, -0.2) is 12.2 Å². The molecule has 1 N–H and O–H groups in total. The lowest BCUT2D eigenvalue weighted by molar-refractivity contribution is 0.219. The van der Waals surface area contributed by atoms with Gasteiger partial charge in [-0.2, -0.15) is 0 Å². The summed E-state index contributed by atoms with van der Waals surface area (Å²) in [5.41, 5.74) is 2.74. The van der Waals surface area contributed by atoms with Crippen LogP contribution in [-0.2, 0) is 0 Å². The summed E-state index contributed by atoms with van der Waals surface area (Å²) in [7, 11) is 1.64. The molecule has 0 saturated heterocycles. The van der Waals surface area contributed by atoms with Gasteiger partial charge in [0, 0.05) is 8.95 Å². The second kappa shape index (κ2) is 6.07. The molecule has 0 aliphatic rings. The van der Waals surface area contributed by atoms with Crippen molar-refractivity contribution in [2.24, 2.45) is 0 Å².